The van der Waals surface area contributed by atoms with E-state index in [1.807, 2.05) is 0 Å². The van der Waals surface area contributed by atoms with Crippen molar-refractivity contribution in [1.29, 1.82) is 0 Å². The minimum atomic E-state index is -6.59. The molecule has 2 aliphatic carbocycles. The Hall–Kier alpha value is -0.950. The van der Waals surface area contributed by atoms with Gasteiger partial charge >= 0.3 is 30.3 Å². The van der Waals surface area contributed by atoms with E-state index < -0.39 is 59.8 Å². The number of nitrogens with zero attached hydrogens (tertiary/aromatic N) is 1. The third-order valence-electron chi connectivity index (χ3n) is 7.37. The lowest BCUT2D eigenvalue weighted by Gasteiger charge is -2.39. The van der Waals surface area contributed by atoms with Crippen LogP contribution >= 0.6 is 7.11 Å². The number of rotatable bonds is 4. The van der Waals surface area contributed by atoms with Crippen LogP contribution in [-0.2, 0) is 4.52 Å². The van der Waals surface area contributed by atoms with Gasteiger partial charge in [0.1, 0.15) is 5.42 Å². The first kappa shape index (κ1) is 30.3. The van der Waals surface area contributed by atoms with E-state index >= 15 is 0 Å². The Bertz CT molecular complexity index is 894. The van der Waals surface area contributed by atoms with Crippen LogP contribution in [-0.4, -0.2) is 66.0 Å². The minimum absolute atomic E-state index is 0.138. The van der Waals surface area contributed by atoms with Crippen molar-refractivity contribution in [1.82, 2.24) is 0 Å². The summed E-state index contributed by atoms with van der Waals surface area (Å²) in [5.41, 5.74) is -10.3. The molecule has 3 nitrogen and oxygen atoms in total. The Kier molecular flexibility index (Phi) is 7.16. The molecule has 2 bridgehead atoms. The first-order valence-electron chi connectivity index (χ1n) is 10.1. The molecule has 1 N–H and O–H groups in total. The molecule has 2 atom stereocenters. The fourth-order valence-corrected chi connectivity index (χ4v) is 7.11. The van der Waals surface area contributed by atoms with Crippen molar-refractivity contribution in [2.45, 2.75) is 76.4 Å². The second-order valence-electron chi connectivity index (χ2n) is 10.0. The maximum absolute atomic E-state index is 13.8. The molecule has 0 aliphatic heterocycles. The predicted molar refractivity (Wildman–Crippen MR) is 104 cm³/mol. The monoisotopic (exact) mass is 557 g/mol. The molecule has 206 valence electrons. The van der Waals surface area contributed by atoms with Gasteiger partial charge in [0.2, 0.25) is 0 Å². The van der Waals surface area contributed by atoms with Crippen molar-refractivity contribution < 1.29 is 62.3 Å². The first-order valence-corrected chi connectivity index (χ1v) is 12.7. The topological polar surface area (TPSA) is 41.8 Å². The van der Waals surface area contributed by atoms with Gasteiger partial charge in [-0.3, -0.25) is 4.99 Å². The predicted octanol–water partition coefficient (Wildman–Crippen LogP) is 6.96. The van der Waals surface area contributed by atoms with Gasteiger partial charge in [-0.1, -0.05) is 20.8 Å². The Morgan fingerprint density at radius 2 is 1.34 bits per heavy atom. The number of halogens is 12. The molecule has 0 heterocycles. The molecule has 0 aromatic rings. The van der Waals surface area contributed by atoms with E-state index in [1.165, 1.54) is 6.92 Å². The van der Waals surface area contributed by atoms with Crippen molar-refractivity contribution >= 4 is 18.2 Å². The number of alkyl halides is 12. The number of fused-ring (bicyclic) bond motifs is 2. The van der Waals surface area contributed by atoms with Gasteiger partial charge in [0.15, 0.2) is 0 Å². The van der Waals surface area contributed by atoms with Crippen LogP contribution in [0.5, 0.6) is 0 Å². The smallest absolute Gasteiger partial charge is 0.368 e. The zero-order valence-corrected chi connectivity index (χ0v) is 20.0. The normalized spacial score (nSPS) is 27.3. The summed E-state index contributed by atoms with van der Waals surface area (Å²) in [5.74, 6) is -0.252. The molecule has 0 aromatic heterocycles. The van der Waals surface area contributed by atoms with Crippen molar-refractivity contribution in [3.05, 3.63) is 0 Å². The largest absolute Gasteiger partial charge is 0.432 e. The molecular weight excluding hydrogens is 533 g/mol. The van der Waals surface area contributed by atoms with E-state index in [-0.39, 0.29) is 37.8 Å². The van der Waals surface area contributed by atoms with Crippen LogP contribution in [0.3, 0.4) is 0 Å². The van der Waals surface area contributed by atoms with Crippen LogP contribution in [0.1, 0.15) is 40.0 Å². The third kappa shape index (κ3) is 4.85. The summed E-state index contributed by atoms with van der Waals surface area (Å²) < 4.78 is 165. The molecule has 0 unspecified atom stereocenters. The Labute approximate surface area is 193 Å². The Balaban J connectivity index is 2.94. The highest BCUT2D eigenvalue weighted by molar-refractivity contribution is 7.70. The van der Waals surface area contributed by atoms with Gasteiger partial charge in [0, 0.05) is 18.2 Å². The van der Waals surface area contributed by atoms with E-state index in [0.717, 1.165) is 0 Å². The lowest BCUT2D eigenvalue weighted by Crippen LogP contribution is -2.62. The van der Waals surface area contributed by atoms with Gasteiger partial charge in [-0.05, 0) is 43.9 Å². The lowest BCUT2D eigenvalue weighted by molar-refractivity contribution is -0.337. The molecule has 0 saturated heterocycles. The summed E-state index contributed by atoms with van der Waals surface area (Å²) in [7, 11) is -5.16. The van der Waals surface area contributed by atoms with Crippen molar-refractivity contribution in [2.75, 3.05) is 13.3 Å². The number of hydrogen-bond acceptors (Lipinski definition) is 2. The summed E-state index contributed by atoms with van der Waals surface area (Å²) in [4.78, 5) is 3.45. The van der Waals surface area contributed by atoms with Crippen LogP contribution in [0.25, 0.3) is 0 Å². The summed E-state index contributed by atoms with van der Waals surface area (Å²) in [6.07, 6.45) is -29.7. The fourth-order valence-electron chi connectivity index (χ4n) is 4.85. The van der Waals surface area contributed by atoms with Crippen LogP contribution in [0.4, 0.5) is 52.7 Å². The van der Waals surface area contributed by atoms with E-state index in [2.05, 4.69) is 9.52 Å². The van der Waals surface area contributed by atoms with Gasteiger partial charge in [-0.15, -0.1) is 0 Å². The quantitative estimate of drug-likeness (QED) is 0.300. The maximum atomic E-state index is 13.8. The van der Waals surface area contributed by atoms with Crippen LogP contribution in [0.15, 0.2) is 4.99 Å². The van der Waals surface area contributed by atoms with Gasteiger partial charge < -0.3 is 9.63 Å². The van der Waals surface area contributed by atoms with Crippen LogP contribution in [0.2, 0.25) is 0 Å². The molecule has 0 radical (unpaired) electrons. The average Bonchev–Trinajstić information content (AvgIpc) is 2.93. The summed E-state index contributed by atoms with van der Waals surface area (Å²) in [6, 6.07) is 0. The highest BCUT2D eigenvalue weighted by Crippen LogP contribution is 2.65. The molecule has 0 spiro atoms. The van der Waals surface area contributed by atoms with E-state index in [4.69, 9.17) is 0 Å². The second kappa shape index (κ2) is 8.28. The SMILES string of the molecule is CC1(C)[C@@H]2CC[C@@]1(C)C(=NC(C(O)(C(F)(F)F)C(F)(F)F)=P(C)(C)OC(C(F)(F)F)C(F)(F)F)C2. The van der Waals surface area contributed by atoms with Crippen LogP contribution in [0, 0.1) is 16.7 Å². The van der Waals surface area contributed by atoms with Gasteiger partial charge in [0.05, 0.1) is 0 Å². The highest BCUT2D eigenvalue weighted by atomic mass is 31.2. The van der Waals surface area contributed by atoms with Crippen molar-refractivity contribution in [2.24, 2.45) is 21.7 Å². The zero-order valence-electron chi connectivity index (χ0n) is 19.1. The molecule has 2 saturated carbocycles. The number of aliphatic hydroxyl groups is 1. The molecule has 16 heteroatoms. The van der Waals surface area contributed by atoms with Gasteiger partial charge in [-0.2, -0.15) is 52.7 Å². The van der Waals surface area contributed by atoms with E-state index in [1.54, 1.807) is 13.8 Å². The van der Waals surface area contributed by atoms with Crippen molar-refractivity contribution in [3.8, 4) is 0 Å². The van der Waals surface area contributed by atoms with Gasteiger partial charge in [-0.25, -0.2) is 0 Å². The summed E-state index contributed by atoms with van der Waals surface area (Å²) in [5, 5.41) is 10.0. The third-order valence-corrected chi connectivity index (χ3v) is 9.55. The zero-order chi connectivity index (χ0) is 27.8. The second-order valence-corrected chi connectivity index (χ2v) is 13.3. The average molecular weight is 557 g/mol. The molecule has 0 aromatic carbocycles. The molecule has 0 amide bonds. The van der Waals surface area contributed by atoms with Crippen molar-refractivity contribution in [3.63, 3.8) is 0 Å². The molecule has 2 aliphatic rings. The van der Waals surface area contributed by atoms with Gasteiger partial charge in [0.25, 0.3) is 6.10 Å². The molecular formula is C19H24F12NO2P. The minimum Gasteiger partial charge on any atom is -0.368 e. The molecule has 2 rings (SSSR count). The number of aliphatic imine (C=N–C) groups is 1. The highest BCUT2D eigenvalue weighted by Gasteiger charge is 2.75. The number of hydrogen-bond donors (Lipinski definition) is 1. The Morgan fingerprint density at radius 1 is 0.914 bits per heavy atom. The summed E-state index contributed by atoms with van der Waals surface area (Å²) >= 11 is 0. The molecule has 35 heavy (non-hydrogen) atoms. The fraction of sp³-hybridized carbons (Fsp3) is 0.895. The molecule has 2 fully saturated rings. The lowest BCUT2D eigenvalue weighted by atomic mass is 9.70. The van der Waals surface area contributed by atoms with E-state index in [0.29, 0.717) is 6.42 Å². The maximum Gasteiger partial charge on any atom is 0.432 e. The van der Waals surface area contributed by atoms with E-state index in [9.17, 15) is 57.8 Å². The first-order chi connectivity index (χ1) is 15.1. The standard InChI is InChI=1S/C19H24F12NO2P/c1-13(2)9-6-7-14(13,3)10(8-9)32-12(15(33,18(26,27)28)19(29,30)31)35(4,5)34-11(16(20,21)22)17(23,24)25/h9,11,33H,6-8H2,1-5H3/t9-,14+/m1/s1. The van der Waals surface area contributed by atoms with Crippen LogP contribution < -0.4 is 0 Å². The Morgan fingerprint density at radius 3 is 1.63 bits per heavy atom. The summed E-state index contributed by atoms with van der Waals surface area (Å²) in [6.45, 7) is 5.37.